The highest BCUT2D eigenvalue weighted by molar-refractivity contribution is 5.86. The molecule has 0 amide bonds. The lowest BCUT2D eigenvalue weighted by molar-refractivity contribution is -0.237. The minimum atomic E-state index is -1.12. The highest BCUT2D eigenvalue weighted by atomic mass is 16.6. The predicted octanol–water partition coefficient (Wildman–Crippen LogP) is 3.63. The molecule has 6 atom stereocenters. The Morgan fingerprint density at radius 2 is 2.07 bits per heavy atom. The molecule has 0 spiro atoms. The quantitative estimate of drug-likeness (QED) is 0.431. The van der Waals surface area contributed by atoms with Gasteiger partial charge in [0.1, 0.15) is 11.7 Å². The molecule has 0 aromatic heterocycles. The van der Waals surface area contributed by atoms with Crippen LogP contribution < -0.4 is 0 Å². The van der Waals surface area contributed by atoms with Crippen LogP contribution >= 0.6 is 0 Å². The summed E-state index contributed by atoms with van der Waals surface area (Å²) >= 11 is 0. The number of hydrogen-bond acceptors (Lipinski definition) is 5. The lowest BCUT2D eigenvalue weighted by atomic mass is 9.74. The van der Waals surface area contributed by atoms with Crippen molar-refractivity contribution in [3.8, 4) is 0 Å². The van der Waals surface area contributed by atoms with Crippen LogP contribution in [0.25, 0.3) is 0 Å². The zero-order valence-electron chi connectivity index (χ0n) is 17.4. The molecular weight excluding hydrogens is 360 g/mol. The second-order valence-electron chi connectivity index (χ2n) is 8.62. The molecule has 1 saturated heterocycles. The van der Waals surface area contributed by atoms with Gasteiger partial charge in [0.2, 0.25) is 0 Å². The van der Waals surface area contributed by atoms with Crippen molar-refractivity contribution in [1.29, 1.82) is 0 Å². The first-order valence-corrected chi connectivity index (χ1v) is 10.2. The van der Waals surface area contributed by atoms with Crippen molar-refractivity contribution >= 4 is 11.9 Å². The number of allylic oxidation sites excluding steroid dienone is 2. The lowest BCUT2D eigenvalue weighted by Crippen LogP contribution is -2.58. The molecule has 0 saturated carbocycles. The van der Waals surface area contributed by atoms with Crippen molar-refractivity contribution in [2.24, 2.45) is 11.8 Å². The Bertz CT molecular complexity index is 639. The maximum atomic E-state index is 11.7. The van der Waals surface area contributed by atoms with Gasteiger partial charge in [0, 0.05) is 18.4 Å². The molecule has 0 aromatic rings. The number of ether oxygens (including phenoxy) is 2. The maximum absolute atomic E-state index is 11.7. The van der Waals surface area contributed by atoms with Gasteiger partial charge >= 0.3 is 11.9 Å². The Morgan fingerprint density at radius 3 is 2.68 bits per heavy atom. The van der Waals surface area contributed by atoms with Crippen molar-refractivity contribution in [1.82, 2.24) is 0 Å². The summed E-state index contributed by atoms with van der Waals surface area (Å²) in [5.41, 5.74) is 0.486. The third-order valence-corrected chi connectivity index (χ3v) is 6.27. The summed E-state index contributed by atoms with van der Waals surface area (Å²) in [5, 5.41) is 20.5. The van der Waals surface area contributed by atoms with E-state index in [1.165, 1.54) is 12.5 Å². The summed E-state index contributed by atoms with van der Waals surface area (Å²) in [4.78, 5) is 23.3. The molecule has 1 fully saturated rings. The summed E-state index contributed by atoms with van der Waals surface area (Å²) < 4.78 is 11.9. The normalized spacial score (nSPS) is 37.0. The Balaban J connectivity index is 2.44. The van der Waals surface area contributed by atoms with E-state index >= 15 is 0 Å². The summed E-state index contributed by atoms with van der Waals surface area (Å²) in [6, 6.07) is 0. The number of aliphatic carboxylic acids is 1. The molecule has 2 aliphatic heterocycles. The monoisotopic (exact) mass is 394 g/mol. The molecule has 2 bridgehead atoms. The van der Waals surface area contributed by atoms with Gasteiger partial charge in [-0.05, 0) is 58.3 Å². The van der Waals surface area contributed by atoms with Crippen LogP contribution in [0.1, 0.15) is 66.2 Å². The van der Waals surface area contributed by atoms with E-state index in [1.54, 1.807) is 0 Å². The van der Waals surface area contributed by atoms with Crippen molar-refractivity contribution in [3.05, 3.63) is 23.8 Å². The van der Waals surface area contributed by atoms with Gasteiger partial charge in [-0.1, -0.05) is 25.2 Å². The molecule has 2 N–H and O–H groups in total. The van der Waals surface area contributed by atoms with Gasteiger partial charge in [0.05, 0.1) is 12.2 Å². The Kier molecular flexibility index (Phi) is 7.46. The molecule has 6 heteroatoms. The van der Waals surface area contributed by atoms with Crippen molar-refractivity contribution in [3.63, 3.8) is 0 Å². The second kappa shape index (κ2) is 9.23. The van der Waals surface area contributed by atoms with Crippen LogP contribution in [0.4, 0.5) is 0 Å². The Hall–Kier alpha value is -1.66. The van der Waals surface area contributed by atoms with Gasteiger partial charge in [-0.3, -0.25) is 4.79 Å². The Morgan fingerprint density at radius 1 is 1.39 bits per heavy atom. The van der Waals surface area contributed by atoms with Crippen LogP contribution in [0.15, 0.2) is 23.8 Å². The topological polar surface area (TPSA) is 93.1 Å². The third-order valence-electron chi connectivity index (χ3n) is 6.27. The molecule has 2 rings (SSSR count). The number of carbonyl (C=O) groups excluding carboxylic acids is 1. The first-order valence-electron chi connectivity index (χ1n) is 10.2. The summed E-state index contributed by atoms with van der Waals surface area (Å²) in [7, 11) is 0. The number of esters is 1. The summed E-state index contributed by atoms with van der Waals surface area (Å²) in [5.74, 6) is -2.22. The van der Waals surface area contributed by atoms with E-state index in [0.29, 0.717) is 6.42 Å². The molecule has 28 heavy (non-hydrogen) atoms. The smallest absolute Gasteiger partial charge is 0.331 e. The van der Waals surface area contributed by atoms with Crippen LogP contribution in [0, 0.1) is 11.8 Å². The summed E-state index contributed by atoms with van der Waals surface area (Å²) in [6.45, 7) is 11.0. The van der Waals surface area contributed by atoms with E-state index in [0.717, 1.165) is 25.7 Å². The molecule has 6 nitrogen and oxygen atoms in total. The average Bonchev–Trinajstić information content (AvgIpc) is 2.60. The van der Waals surface area contributed by atoms with Gasteiger partial charge in [-0.15, -0.1) is 0 Å². The first-order chi connectivity index (χ1) is 13.0. The van der Waals surface area contributed by atoms with Crippen LogP contribution in [0.2, 0.25) is 0 Å². The van der Waals surface area contributed by atoms with Gasteiger partial charge in [0.15, 0.2) is 0 Å². The van der Waals surface area contributed by atoms with Gasteiger partial charge in [-0.2, -0.15) is 0 Å². The number of fused-ring (bicyclic) bond motifs is 2. The predicted molar refractivity (Wildman–Crippen MR) is 106 cm³/mol. The van der Waals surface area contributed by atoms with Crippen LogP contribution in [-0.2, 0) is 19.1 Å². The SMILES string of the molecule is C=C(C(=O)O)[C@@H]1C[C@@H](OC(C)=O)[C@]2(C)CCC=C(C)CCC[C@H](C)[C@H](O)[C@@H]1O2. The minimum Gasteiger partial charge on any atom is -0.478 e. The van der Waals surface area contributed by atoms with Crippen LogP contribution in [0.5, 0.6) is 0 Å². The third kappa shape index (κ3) is 5.23. The number of carboxylic acid groups (broad SMARTS) is 1. The number of carboxylic acids is 1. The minimum absolute atomic E-state index is 0.0155. The van der Waals surface area contributed by atoms with Crippen LogP contribution in [0.3, 0.4) is 0 Å². The van der Waals surface area contributed by atoms with E-state index in [9.17, 15) is 19.8 Å². The van der Waals surface area contributed by atoms with Crippen LogP contribution in [-0.4, -0.2) is 46.1 Å². The number of carbonyl (C=O) groups is 2. The number of aliphatic hydroxyl groups excluding tert-OH is 1. The van der Waals surface area contributed by atoms with Crippen molar-refractivity contribution < 1.29 is 29.3 Å². The molecule has 0 unspecified atom stereocenters. The number of hydrogen-bond donors (Lipinski definition) is 2. The van der Waals surface area contributed by atoms with Crippen molar-refractivity contribution in [2.75, 3.05) is 0 Å². The second-order valence-corrected chi connectivity index (χ2v) is 8.62. The molecule has 0 aliphatic carbocycles. The standard InChI is InChI=1S/C22H34O6/c1-13-8-6-10-14(2)19(24)20-17(15(3)21(25)26)12-18(27-16(4)23)22(5,28-20)11-7-9-13/h9,14,17-20,24H,3,6-8,10-12H2,1-2,4-5H3,(H,25,26)/t14-,17-,18+,19-,20+,22-/m0/s1. The van der Waals surface area contributed by atoms with Gasteiger partial charge < -0.3 is 19.7 Å². The fourth-order valence-electron chi connectivity index (χ4n) is 4.39. The molecular formula is C22H34O6. The Labute approximate surface area is 167 Å². The molecule has 0 radical (unpaired) electrons. The number of rotatable bonds is 3. The molecule has 2 heterocycles. The van der Waals surface area contributed by atoms with E-state index in [2.05, 4.69) is 19.6 Å². The molecule has 158 valence electrons. The van der Waals surface area contributed by atoms with E-state index < -0.39 is 41.8 Å². The summed E-state index contributed by atoms with van der Waals surface area (Å²) in [6.07, 6.45) is 4.50. The zero-order chi connectivity index (χ0) is 21.1. The zero-order valence-corrected chi connectivity index (χ0v) is 17.4. The van der Waals surface area contributed by atoms with E-state index in [-0.39, 0.29) is 17.9 Å². The van der Waals surface area contributed by atoms with Gasteiger partial charge in [0.25, 0.3) is 0 Å². The fraction of sp³-hybridized carbons (Fsp3) is 0.727. The van der Waals surface area contributed by atoms with Crippen molar-refractivity contribution in [2.45, 2.75) is 90.1 Å². The average molecular weight is 395 g/mol. The van der Waals surface area contributed by atoms with Gasteiger partial charge in [-0.25, -0.2) is 4.79 Å². The first kappa shape index (κ1) is 22.6. The number of aliphatic hydroxyl groups is 1. The molecule has 0 aromatic carbocycles. The highest BCUT2D eigenvalue weighted by Crippen LogP contribution is 2.43. The lowest BCUT2D eigenvalue weighted by Gasteiger charge is -2.49. The van der Waals surface area contributed by atoms with E-state index in [4.69, 9.17) is 9.47 Å². The highest BCUT2D eigenvalue weighted by Gasteiger charge is 2.51. The largest absolute Gasteiger partial charge is 0.478 e. The fourth-order valence-corrected chi connectivity index (χ4v) is 4.39. The molecule has 2 aliphatic rings. The van der Waals surface area contributed by atoms with E-state index in [1.807, 2.05) is 13.8 Å². The maximum Gasteiger partial charge on any atom is 0.331 e.